The quantitative estimate of drug-likeness (QED) is 0.640. The van der Waals surface area contributed by atoms with Crippen LogP contribution in [0.2, 0.25) is 0 Å². The van der Waals surface area contributed by atoms with E-state index in [-0.39, 0.29) is 0 Å². The van der Waals surface area contributed by atoms with Crippen molar-refractivity contribution in [2.75, 3.05) is 13.2 Å². The summed E-state index contributed by atoms with van der Waals surface area (Å²) in [6, 6.07) is 0. The Labute approximate surface area is 71.7 Å². The van der Waals surface area contributed by atoms with Gasteiger partial charge in [-0.3, -0.25) is 0 Å². The number of nitrogens with zero attached hydrogens (tertiary/aromatic N) is 1. The van der Waals surface area contributed by atoms with E-state index in [0.29, 0.717) is 5.92 Å². The molecule has 2 rings (SSSR count). The van der Waals surface area contributed by atoms with Crippen LogP contribution >= 0.6 is 0 Å². The molecule has 0 aromatic carbocycles. The van der Waals surface area contributed by atoms with E-state index in [1.54, 1.807) is 6.26 Å². The molecule has 1 aromatic rings. The van der Waals surface area contributed by atoms with Crippen molar-refractivity contribution in [1.29, 1.82) is 0 Å². The monoisotopic (exact) mass is 167 g/mol. The lowest BCUT2D eigenvalue weighted by atomic mass is 9.97. The van der Waals surface area contributed by atoms with Crippen molar-refractivity contribution in [3.63, 3.8) is 0 Å². The van der Waals surface area contributed by atoms with Gasteiger partial charge in [0.05, 0.1) is 5.69 Å². The van der Waals surface area contributed by atoms with Crippen LogP contribution in [0.3, 0.4) is 0 Å². The fourth-order valence-electron chi connectivity index (χ4n) is 1.56. The van der Waals surface area contributed by atoms with Crippen LogP contribution in [0.15, 0.2) is 10.7 Å². The molecule has 0 N–H and O–H groups in total. The third kappa shape index (κ3) is 1.50. The van der Waals surface area contributed by atoms with Crippen LogP contribution < -0.4 is 0 Å². The smallest absolute Gasteiger partial charge is 0.191 e. The van der Waals surface area contributed by atoms with Gasteiger partial charge in [-0.1, -0.05) is 0 Å². The van der Waals surface area contributed by atoms with Crippen molar-refractivity contribution in [3.05, 3.63) is 17.8 Å². The minimum Gasteiger partial charge on any atom is -0.449 e. The Morgan fingerprint density at radius 1 is 1.42 bits per heavy atom. The summed E-state index contributed by atoms with van der Waals surface area (Å²) >= 11 is 0. The maximum absolute atomic E-state index is 5.27. The summed E-state index contributed by atoms with van der Waals surface area (Å²) in [5, 5.41) is 0. The maximum atomic E-state index is 5.27. The highest BCUT2D eigenvalue weighted by Gasteiger charge is 2.18. The van der Waals surface area contributed by atoms with Gasteiger partial charge in [0.1, 0.15) is 6.26 Å². The molecule has 2 heterocycles. The summed E-state index contributed by atoms with van der Waals surface area (Å²) in [5.74, 6) is 1.31. The molecule has 66 valence electrons. The van der Waals surface area contributed by atoms with E-state index >= 15 is 0 Å². The van der Waals surface area contributed by atoms with E-state index in [1.165, 1.54) is 0 Å². The SMILES string of the molecule is Cc1nc(C2CCOCC2)co1. The molecule has 1 saturated heterocycles. The second-order valence-electron chi connectivity index (χ2n) is 3.18. The normalized spacial score (nSPS) is 19.8. The molecular formula is C9H13NO2. The first-order valence-electron chi connectivity index (χ1n) is 4.36. The van der Waals surface area contributed by atoms with Crippen molar-refractivity contribution in [3.8, 4) is 0 Å². The number of rotatable bonds is 1. The first kappa shape index (κ1) is 7.80. The van der Waals surface area contributed by atoms with E-state index in [9.17, 15) is 0 Å². The van der Waals surface area contributed by atoms with Crippen LogP contribution in [0.25, 0.3) is 0 Å². The highest BCUT2D eigenvalue weighted by atomic mass is 16.5. The molecule has 1 fully saturated rings. The third-order valence-electron chi connectivity index (χ3n) is 2.28. The Hall–Kier alpha value is -0.830. The van der Waals surface area contributed by atoms with E-state index in [0.717, 1.165) is 37.6 Å². The lowest BCUT2D eigenvalue weighted by molar-refractivity contribution is 0.0845. The Morgan fingerprint density at radius 3 is 2.75 bits per heavy atom. The summed E-state index contributed by atoms with van der Waals surface area (Å²) in [4.78, 5) is 4.31. The fraction of sp³-hybridized carbons (Fsp3) is 0.667. The summed E-state index contributed by atoms with van der Waals surface area (Å²) in [7, 11) is 0. The summed E-state index contributed by atoms with van der Waals surface area (Å²) in [6.07, 6.45) is 3.92. The summed E-state index contributed by atoms with van der Waals surface area (Å²) in [5.41, 5.74) is 1.09. The predicted molar refractivity (Wildman–Crippen MR) is 44.0 cm³/mol. The molecule has 0 bridgehead atoms. The van der Waals surface area contributed by atoms with Crippen molar-refractivity contribution < 1.29 is 9.15 Å². The van der Waals surface area contributed by atoms with Gasteiger partial charge in [-0.15, -0.1) is 0 Å². The van der Waals surface area contributed by atoms with Gasteiger partial charge < -0.3 is 9.15 Å². The first-order valence-corrected chi connectivity index (χ1v) is 4.36. The zero-order valence-electron chi connectivity index (χ0n) is 7.25. The molecule has 12 heavy (non-hydrogen) atoms. The predicted octanol–water partition coefficient (Wildman–Crippen LogP) is 1.88. The minimum atomic E-state index is 0.552. The van der Waals surface area contributed by atoms with Gasteiger partial charge in [0, 0.05) is 26.1 Å². The highest BCUT2D eigenvalue weighted by Crippen LogP contribution is 2.25. The van der Waals surface area contributed by atoms with Crippen molar-refractivity contribution in [2.45, 2.75) is 25.7 Å². The number of aromatic nitrogens is 1. The minimum absolute atomic E-state index is 0.552. The van der Waals surface area contributed by atoms with Gasteiger partial charge in [0.2, 0.25) is 0 Å². The van der Waals surface area contributed by atoms with Crippen molar-refractivity contribution in [1.82, 2.24) is 4.98 Å². The topological polar surface area (TPSA) is 35.3 Å². The van der Waals surface area contributed by atoms with Crippen LogP contribution in [0.1, 0.15) is 30.3 Å². The van der Waals surface area contributed by atoms with E-state index in [4.69, 9.17) is 9.15 Å². The fourth-order valence-corrected chi connectivity index (χ4v) is 1.56. The summed E-state index contributed by atoms with van der Waals surface area (Å²) < 4.78 is 10.4. The van der Waals surface area contributed by atoms with E-state index < -0.39 is 0 Å². The average Bonchev–Trinajstić information content (AvgIpc) is 2.54. The van der Waals surface area contributed by atoms with Gasteiger partial charge in [-0.05, 0) is 12.8 Å². The molecule has 1 aliphatic rings. The van der Waals surface area contributed by atoms with Gasteiger partial charge in [-0.25, -0.2) is 4.98 Å². The molecule has 3 nitrogen and oxygen atoms in total. The number of hydrogen-bond donors (Lipinski definition) is 0. The maximum Gasteiger partial charge on any atom is 0.191 e. The van der Waals surface area contributed by atoms with Gasteiger partial charge in [0.25, 0.3) is 0 Å². The van der Waals surface area contributed by atoms with Crippen LogP contribution in [-0.2, 0) is 4.74 Å². The lowest BCUT2D eigenvalue weighted by Crippen LogP contribution is -2.14. The Kier molecular flexibility index (Phi) is 2.13. The van der Waals surface area contributed by atoms with Crippen molar-refractivity contribution in [2.24, 2.45) is 0 Å². The molecule has 1 aliphatic heterocycles. The molecule has 0 radical (unpaired) electrons. The number of ether oxygens (including phenoxy) is 1. The molecule has 0 spiro atoms. The molecule has 0 aliphatic carbocycles. The zero-order chi connectivity index (χ0) is 8.39. The Balaban J connectivity index is 2.08. The molecule has 0 atom stereocenters. The molecular weight excluding hydrogens is 154 g/mol. The lowest BCUT2D eigenvalue weighted by Gasteiger charge is -2.19. The number of aryl methyl sites for hydroxylation is 1. The van der Waals surface area contributed by atoms with Crippen LogP contribution in [0, 0.1) is 6.92 Å². The van der Waals surface area contributed by atoms with E-state index in [1.807, 2.05) is 6.92 Å². The molecule has 3 heteroatoms. The second kappa shape index (κ2) is 3.27. The third-order valence-corrected chi connectivity index (χ3v) is 2.28. The van der Waals surface area contributed by atoms with Gasteiger partial charge >= 0.3 is 0 Å². The number of hydrogen-bond acceptors (Lipinski definition) is 3. The van der Waals surface area contributed by atoms with Gasteiger partial charge in [-0.2, -0.15) is 0 Å². The van der Waals surface area contributed by atoms with Crippen LogP contribution in [-0.4, -0.2) is 18.2 Å². The standard InChI is InChI=1S/C9H13NO2/c1-7-10-9(6-12-7)8-2-4-11-5-3-8/h6,8H,2-5H2,1H3. The average molecular weight is 167 g/mol. The Bertz CT molecular complexity index is 251. The van der Waals surface area contributed by atoms with Crippen LogP contribution in [0.5, 0.6) is 0 Å². The number of oxazole rings is 1. The van der Waals surface area contributed by atoms with E-state index in [2.05, 4.69) is 4.98 Å². The van der Waals surface area contributed by atoms with Gasteiger partial charge in [0.15, 0.2) is 5.89 Å². The molecule has 1 aromatic heterocycles. The summed E-state index contributed by atoms with van der Waals surface area (Å²) in [6.45, 7) is 3.59. The second-order valence-corrected chi connectivity index (χ2v) is 3.18. The zero-order valence-corrected chi connectivity index (χ0v) is 7.25. The largest absolute Gasteiger partial charge is 0.449 e. The van der Waals surface area contributed by atoms with Crippen molar-refractivity contribution >= 4 is 0 Å². The molecule has 0 unspecified atom stereocenters. The highest BCUT2D eigenvalue weighted by molar-refractivity contribution is 5.04. The molecule has 0 amide bonds. The Morgan fingerprint density at radius 2 is 2.17 bits per heavy atom. The molecule has 0 saturated carbocycles. The van der Waals surface area contributed by atoms with Crippen LogP contribution in [0.4, 0.5) is 0 Å². The first-order chi connectivity index (χ1) is 5.86.